The molecule has 4 rings (SSSR count). The summed E-state index contributed by atoms with van der Waals surface area (Å²) in [5, 5.41) is 2.89. The van der Waals surface area contributed by atoms with E-state index < -0.39 is 0 Å². The summed E-state index contributed by atoms with van der Waals surface area (Å²) in [5.41, 5.74) is 2.48. The van der Waals surface area contributed by atoms with Gasteiger partial charge in [0.05, 0.1) is 32.6 Å². The van der Waals surface area contributed by atoms with Crippen molar-refractivity contribution in [3.63, 3.8) is 0 Å². The van der Waals surface area contributed by atoms with Crippen LogP contribution in [0.25, 0.3) is 5.65 Å². The topological polar surface area (TPSA) is 94.4 Å². The largest absolute Gasteiger partial charge is 0.494 e. The van der Waals surface area contributed by atoms with Crippen molar-refractivity contribution in [1.29, 1.82) is 0 Å². The summed E-state index contributed by atoms with van der Waals surface area (Å²) in [6.45, 7) is 3.30. The molecule has 1 N–H and O–H groups in total. The van der Waals surface area contributed by atoms with E-state index in [1.54, 1.807) is 49.5 Å². The number of amides is 2. The minimum Gasteiger partial charge on any atom is -0.494 e. The standard InChI is InChI=1S/C23H28N4O5/c1-16(5-4-8-26(15-28)17-6-3-7-17)23(29)25-18-12-27-13-19(21-14-31-9-10-32-21)24-22(27)11-20(18)30-2/h4-5,8,11-13,15,17,21H,3,6-7,9-10,14H2,1-2H3,(H,25,29)/b8-4-,16-5+. The van der Waals surface area contributed by atoms with Gasteiger partial charge < -0.3 is 28.8 Å². The first-order chi connectivity index (χ1) is 15.6. The van der Waals surface area contributed by atoms with Gasteiger partial charge in [-0.3, -0.25) is 9.59 Å². The summed E-state index contributed by atoms with van der Waals surface area (Å²) < 4.78 is 18.5. The van der Waals surface area contributed by atoms with Crippen LogP contribution in [0, 0.1) is 0 Å². The fraction of sp³-hybridized carbons (Fsp3) is 0.435. The molecule has 1 atom stereocenters. The lowest BCUT2D eigenvalue weighted by atomic mass is 9.92. The van der Waals surface area contributed by atoms with E-state index in [9.17, 15) is 9.59 Å². The lowest BCUT2D eigenvalue weighted by molar-refractivity contribution is -0.118. The number of fused-ring (bicyclic) bond motifs is 1. The maximum atomic E-state index is 12.7. The van der Waals surface area contributed by atoms with Crippen molar-refractivity contribution in [3.8, 4) is 5.75 Å². The van der Waals surface area contributed by atoms with Gasteiger partial charge in [-0.15, -0.1) is 0 Å². The fourth-order valence-electron chi connectivity index (χ4n) is 3.62. The summed E-state index contributed by atoms with van der Waals surface area (Å²) >= 11 is 0. The zero-order chi connectivity index (χ0) is 22.5. The number of nitrogens with zero attached hydrogens (tertiary/aromatic N) is 3. The number of pyridine rings is 1. The number of allylic oxidation sites excluding steroid dienone is 2. The van der Waals surface area contributed by atoms with Crippen LogP contribution in [-0.4, -0.2) is 59.6 Å². The minimum atomic E-state index is -0.266. The van der Waals surface area contributed by atoms with Crippen LogP contribution in [0.1, 0.15) is 38.0 Å². The Hall–Kier alpha value is -3.17. The van der Waals surface area contributed by atoms with Gasteiger partial charge in [0.1, 0.15) is 23.2 Å². The minimum absolute atomic E-state index is 0.212. The second kappa shape index (κ2) is 9.97. The normalized spacial score (nSPS) is 19.7. The number of rotatable bonds is 8. The Labute approximate surface area is 186 Å². The van der Waals surface area contributed by atoms with Crippen LogP contribution in [0.5, 0.6) is 5.75 Å². The second-order valence-electron chi connectivity index (χ2n) is 7.90. The Morgan fingerprint density at radius 3 is 2.84 bits per heavy atom. The Balaban J connectivity index is 1.47. The third-order valence-corrected chi connectivity index (χ3v) is 5.77. The highest BCUT2D eigenvalue weighted by molar-refractivity contribution is 6.04. The average Bonchev–Trinajstić information content (AvgIpc) is 3.19. The van der Waals surface area contributed by atoms with Crippen molar-refractivity contribution in [3.05, 3.63) is 48.1 Å². The molecule has 2 aromatic rings. The summed E-state index contributed by atoms with van der Waals surface area (Å²) in [5.74, 6) is 0.238. The van der Waals surface area contributed by atoms with Crippen molar-refractivity contribution in [2.24, 2.45) is 0 Å². The Morgan fingerprint density at radius 1 is 1.34 bits per heavy atom. The number of methoxy groups -OCH3 is 1. The lowest BCUT2D eigenvalue weighted by Gasteiger charge is -2.32. The van der Waals surface area contributed by atoms with E-state index in [1.807, 2.05) is 10.6 Å². The SMILES string of the molecule is COc1cc2nc(C3COCCO3)cn2cc1NC(=O)/C(C)=C/C=C\N(C=O)C1CCC1. The van der Waals surface area contributed by atoms with Gasteiger partial charge in [0.25, 0.3) is 5.91 Å². The van der Waals surface area contributed by atoms with E-state index in [2.05, 4.69) is 10.3 Å². The molecule has 2 fully saturated rings. The van der Waals surface area contributed by atoms with Gasteiger partial charge in [-0.2, -0.15) is 0 Å². The average molecular weight is 441 g/mol. The van der Waals surface area contributed by atoms with Gasteiger partial charge in [-0.05, 0) is 32.3 Å². The van der Waals surface area contributed by atoms with E-state index >= 15 is 0 Å². The summed E-state index contributed by atoms with van der Waals surface area (Å²) in [6, 6.07) is 2.04. The molecule has 0 bridgehead atoms. The molecule has 0 radical (unpaired) electrons. The van der Waals surface area contributed by atoms with Crippen molar-refractivity contribution in [2.45, 2.75) is 38.3 Å². The molecule has 3 heterocycles. The molecule has 1 aliphatic carbocycles. The van der Waals surface area contributed by atoms with Crippen LogP contribution in [0.2, 0.25) is 0 Å². The molecule has 1 saturated carbocycles. The molecule has 32 heavy (non-hydrogen) atoms. The zero-order valence-corrected chi connectivity index (χ0v) is 18.3. The molecule has 0 spiro atoms. The predicted molar refractivity (Wildman–Crippen MR) is 118 cm³/mol. The van der Waals surface area contributed by atoms with Crippen molar-refractivity contribution in [2.75, 3.05) is 32.2 Å². The highest BCUT2D eigenvalue weighted by Gasteiger charge is 2.22. The van der Waals surface area contributed by atoms with Crippen molar-refractivity contribution in [1.82, 2.24) is 14.3 Å². The maximum absolute atomic E-state index is 12.7. The van der Waals surface area contributed by atoms with Gasteiger partial charge in [0.15, 0.2) is 0 Å². The molecule has 2 amide bonds. The van der Waals surface area contributed by atoms with E-state index in [0.717, 1.165) is 31.4 Å². The van der Waals surface area contributed by atoms with Crippen LogP contribution in [0.3, 0.4) is 0 Å². The highest BCUT2D eigenvalue weighted by Crippen LogP contribution is 2.28. The quantitative estimate of drug-likeness (QED) is 0.385. The zero-order valence-electron chi connectivity index (χ0n) is 18.3. The molecule has 1 aliphatic heterocycles. The van der Waals surface area contributed by atoms with Crippen LogP contribution in [0.4, 0.5) is 5.69 Å². The van der Waals surface area contributed by atoms with Gasteiger partial charge >= 0.3 is 0 Å². The first kappa shape index (κ1) is 22.0. The Kier molecular flexibility index (Phi) is 6.87. The second-order valence-corrected chi connectivity index (χ2v) is 7.90. The Bertz CT molecular complexity index is 1030. The number of carbonyl (C=O) groups is 2. The lowest BCUT2D eigenvalue weighted by Crippen LogP contribution is -2.35. The fourth-order valence-corrected chi connectivity index (χ4v) is 3.62. The van der Waals surface area contributed by atoms with Crippen LogP contribution < -0.4 is 10.1 Å². The third kappa shape index (κ3) is 4.84. The summed E-state index contributed by atoms with van der Waals surface area (Å²) in [7, 11) is 1.54. The monoisotopic (exact) mass is 440 g/mol. The van der Waals surface area contributed by atoms with Crippen LogP contribution in [-0.2, 0) is 19.1 Å². The molecule has 0 aromatic carbocycles. The number of aromatic nitrogens is 2. The number of anilines is 1. The molecule has 9 nitrogen and oxygen atoms in total. The Morgan fingerprint density at radius 2 is 2.19 bits per heavy atom. The van der Waals surface area contributed by atoms with Crippen molar-refractivity contribution < 1.29 is 23.8 Å². The summed E-state index contributed by atoms with van der Waals surface area (Å²) in [4.78, 5) is 30.2. The number of hydrogen-bond donors (Lipinski definition) is 1. The van der Waals surface area contributed by atoms with Gasteiger partial charge in [-0.1, -0.05) is 6.08 Å². The third-order valence-electron chi connectivity index (χ3n) is 5.77. The van der Waals surface area contributed by atoms with Gasteiger partial charge in [0.2, 0.25) is 6.41 Å². The van der Waals surface area contributed by atoms with Crippen LogP contribution in [0.15, 0.2) is 42.4 Å². The molecule has 2 aromatic heterocycles. The highest BCUT2D eigenvalue weighted by atomic mass is 16.6. The van der Waals surface area contributed by atoms with E-state index in [-0.39, 0.29) is 18.1 Å². The molecular formula is C23H28N4O5. The smallest absolute Gasteiger partial charge is 0.251 e. The number of hydrogen-bond acceptors (Lipinski definition) is 6. The molecular weight excluding hydrogens is 412 g/mol. The van der Waals surface area contributed by atoms with E-state index in [0.29, 0.717) is 42.5 Å². The molecule has 1 saturated heterocycles. The first-order valence-electron chi connectivity index (χ1n) is 10.7. The number of nitrogens with one attached hydrogen (secondary N) is 1. The van der Waals surface area contributed by atoms with Gasteiger partial charge in [0, 0.05) is 36.3 Å². The molecule has 2 aliphatic rings. The number of ether oxygens (including phenoxy) is 3. The first-order valence-corrected chi connectivity index (χ1v) is 10.7. The summed E-state index contributed by atoms with van der Waals surface area (Å²) in [6.07, 6.45) is 12.5. The van der Waals surface area contributed by atoms with Crippen LogP contribution >= 0.6 is 0 Å². The number of carbonyl (C=O) groups excluding carboxylic acids is 2. The van der Waals surface area contributed by atoms with Crippen molar-refractivity contribution >= 4 is 23.7 Å². The molecule has 1 unspecified atom stereocenters. The molecule has 9 heteroatoms. The van der Waals surface area contributed by atoms with E-state index in [4.69, 9.17) is 14.2 Å². The number of imidazole rings is 1. The molecule has 170 valence electrons. The maximum Gasteiger partial charge on any atom is 0.251 e. The van der Waals surface area contributed by atoms with Gasteiger partial charge in [-0.25, -0.2) is 4.98 Å². The van der Waals surface area contributed by atoms with E-state index in [1.165, 1.54) is 0 Å². The predicted octanol–water partition coefficient (Wildman–Crippen LogP) is 2.84.